The summed E-state index contributed by atoms with van der Waals surface area (Å²) in [5.41, 5.74) is 6.13. The summed E-state index contributed by atoms with van der Waals surface area (Å²) in [7, 11) is 0. The lowest BCUT2D eigenvalue weighted by Gasteiger charge is -2.45. The second-order valence-corrected chi connectivity index (χ2v) is 6.20. The average molecular weight is 252 g/mol. The maximum absolute atomic E-state index is 12.6. The van der Waals surface area contributed by atoms with Crippen LogP contribution in [0.15, 0.2) is 0 Å². The van der Waals surface area contributed by atoms with Crippen molar-refractivity contribution in [1.29, 1.82) is 0 Å². The molecule has 0 bridgehead atoms. The molecule has 1 amide bonds. The van der Waals surface area contributed by atoms with Gasteiger partial charge in [-0.05, 0) is 37.5 Å². The molecule has 18 heavy (non-hydrogen) atoms. The zero-order valence-corrected chi connectivity index (χ0v) is 11.9. The molecular weight excluding hydrogens is 224 g/mol. The molecule has 0 spiro atoms. The van der Waals surface area contributed by atoms with Crippen LogP contribution in [0, 0.1) is 11.8 Å². The largest absolute Gasteiger partial charge is 0.338 e. The Morgan fingerprint density at radius 2 is 1.94 bits per heavy atom. The number of nitrogens with two attached hydrogens (primary N) is 1. The van der Waals surface area contributed by atoms with Crippen molar-refractivity contribution in [2.45, 2.75) is 70.9 Å². The molecule has 3 nitrogen and oxygen atoms in total. The van der Waals surface area contributed by atoms with Crippen LogP contribution < -0.4 is 5.73 Å². The second-order valence-electron chi connectivity index (χ2n) is 6.20. The number of carbonyl (C=O) groups is 1. The van der Waals surface area contributed by atoms with E-state index < -0.39 is 0 Å². The first kappa shape index (κ1) is 13.9. The highest BCUT2D eigenvalue weighted by atomic mass is 16.2. The fourth-order valence-electron chi connectivity index (χ4n) is 3.59. The van der Waals surface area contributed by atoms with E-state index in [1.54, 1.807) is 0 Å². The summed E-state index contributed by atoms with van der Waals surface area (Å²) < 4.78 is 0. The molecule has 1 saturated heterocycles. The minimum Gasteiger partial charge on any atom is -0.338 e. The van der Waals surface area contributed by atoms with E-state index in [4.69, 9.17) is 5.73 Å². The first-order valence-electron chi connectivity index (χ1n) is 7.71. The van der Waals surface area contributed by atoms with Gasteiger partial charge in [0.2, 0.25) is 5.91 Å². The number of nitrogens with zero attached hydrogens (tertiary/aromatic N) is 1. The molecule has 2 fully saturated rings. The van der Waals surface area contributed by atoms with Gasteiger partial charge < -0.3 is 10.6 Å². The highest BCUT2D eigenvalue weighted by Crippen LogP contribution is 2.35. The van der Waals surface area contributed by atoms with Crippen molar-refractivity contribution in [3.05, 3.63) is 0 Å². The summed E-state index contributed by atoms with van der Waals surface area (Å²) in [6.45, 7) is 5.13. The number of piperidine rings is 1. The normalized spacial score (nSPS) is 31.6. The van der Waals surface area contributed by atoms with Gasteiger partial charge in [0.1, 0.15) is 0 Å². The number of hydrogen-bond donors (Lipinski definition) is 1. The van der Waals surface area contributed by atoms with Gasteiger partial charge in [-0.2, -0.15) is 0 Å². The molecule has 2 aliphatic rings. The van der Waals surface area contributed by atoms with Crippen molar-refractivity contribution in [1.82, 2.24) is 4.90 Å². The Morgan fingerprint density at radius 1 is 1.28 bits per heavy atom. The summed E-state index contributed by atoms with van der Waals surface area (Å²) in [4.78, 5) is 14.7. The third-order valence-electron chi connectivity index (χ3n) is 5.07. The molecule has 0 aromatic rings. The van der Waals surface area contributed by atoms with Gasteiger partial charge in [0.05, 0.1) is 6.04 Å². The summed E-state index contributed by atoms with van der Waals surface area (Å²) in [6.07, 6.45) is 8.60. The first-order valence-corrected chi connectivity index (χ1v) is 7.71. The van der Waals surface area contributed by atoms with Crippen molar-refractivity contribution in [3.8, 4) is 0 Å². The van der Waals surface area contributed by atoms with Gasteiger partial charge >= 0.3 is 0 Å². The van der Waals surface area contributed by atoms with Crippen molar-refractivity contribution >= 4 is 5.91 Å². The second kappa shape index (κ2) is 6.05. The molecule has 2 rings (SSSR count). The van der Waals surface area contributed by atoms with E-state index >= 15 is 0 Å². The Labute approximate surface area is 111 Å². The molecule has 0 aromatic carbocycles. The quantitative estimate of drug-likeness (QED) is 0.839. The van der Waals surface area contributed by atoms with E-state index in [0.717, 1.165) is 18.9 Å². The Bertz CT molecular complexity index is 290. The van der Waals surface area contributed by atoms with Crippen molar-refractivity contribution in [3.63, 3.8) is 0 Å². The van der Waals surface area contributed by atoms with Crippen LogP contribution in [0.1, 0.15) is 58.8 Å². The predicted molar refractivity (Wildman–Crippen MR) is 74.1 cm³/mol. The molecule has 1 aliphatic heterocycles. The predicted octanol–water partition coefficient (Wildman–Crippen LogP) is 2.54. The smallest absolute Gasteiger partial charge is 0.240 e. The highest BCUT2D eigenvalue weighted by molar-refractivity contribution is 5.82. The lowest BCUT2D eigenvalue weighted by Crippen LogP contribution is -2.55. The van der Waals surface area contributed by atoms with Crippen LogP contribution in [0.2, 0.25) is 0 Å². The monoisotopic (exact) mass is 252 g/mol. The number of amides is 1. The van der Waals surface area contributed by atoms with Gasteiger partial charge in [0.15, 0.2) is 0 Å². The molecule has 0 radical (unpaired) electrons. The standard InChI is InChI=1S/C15H28N2O/c1-3-11(2)14(16)15(18)17-10-6-8-12-7-4-5-9-13(12)17/h11-14H,3-10,16H2,1-2H3/t11?,12-,13-,14?/m1/s1. The van der Waals surface area contributed by atoms with E-state index in [1.807, 2.05) is 0 Å². The average Bonchev–Trinajstić information content (AvgIpc) is 2.44. The molecular formula is C15H28N2O. The number of hydrogen-bond acceptors (Lipinski definition) is 2. The topological polar surface area (TPSA) is 46.3 Å². The fraction of sp³-hybridized carbons (Fsp3) is 0.933. The van der Waals surface area contributed by atoms with Crippen LogP contribution in [0.4, 0.5) is 0 Å². The number of carbonyl (C=O) groups excluding carboxylic acids is 1. The molecule has 3 heteroatoms. The number of rotatable bonds is 3. The molecule has 2 N–H and O–H groups in total. The van der Waals surface area contributed by atoms with E-state index in [-0.39, 0.29) is 11.9 Å². The number of likely N-dealkylation sites (tertiary alicyclic amines) is 1. The van der Waals surface area contributed by atoms with Gasteiger partial charge in [-0.25, -0.2) is 0 Å². The van der Waals surface area contributed by atoms with Gasteiger partial charge in [-0.3, -0.25) is 4.79 Å². The van der Waals surface area contributed by atoms with E-state index in [0.29, 0.717) is 12.0 Å². The van der Waals surface area contributed by atoms with Crippen molar-refractivity contribution in [2.75, 3.05) is 6.54 Å². The number of fused-ring (bicyclic) bond motifs is 1. The van der Waals surface area contributed by atoms with Crippen LogP contribution >= 0.6 is 0 Å². The van der Waals surface area contributed by atoms with Crippen LogP contribution in [0.5, 0.6) is 0 Å². The Hall–Kier alpha value is -0.570. The van der Waals surface area contributed by atoms with Gasteiger partial charge in [0.25, 0.3) is 0 Å². The third-order valence-corrected chi connectivity index (χ3v) is 5.07. The van der Waals surface area contributed by atoms with Crippen molar-refractivity contribution < 1.29 is 4.79 Å². The minimum absolute atomic E-state index is 0.209. The Balaban J connectivity index is 2.03. The van der Waals surface area contributed by atoms with Gasteiger partial charge in [-0.15, -0.1) is 0 Å². The van der Waals surface area contributed by atoms with Crippen LogP contribution in [-0.2, 0) is 4.79 Å². The maximum Gasteiger partial charge on any atom is 0.240 e. The molecule has 1 saturated carbocycles. The van der Waals surface area contributed by atoms with Crippen LogP contribution in [0.3, 0.4) is 0 Å². The van der Waals surface area contributed by atoms with E-state index in [1.165, 1.54) is 38.5 Å². The maximum atomic E-state index is 12.6. The lowest BCUT2D eigenvalue weighted by molar-refractivity contribution is -0.140. The molecule has 2 unspecified atom stereocenters. The zero-order valence-electron chi connectivity index (χ0n) is 11.9. The van der Waals surface area contributed by atoms with Crippen LogP contribution in [-0.4, -0.2) is 29.4 Å². The fourth-order valence-corrected chi connectivity index (χ4v) is 3.59. The summed E-state index contributed by atoms with van der Waals surface area (Å²) in [5.74, 6) is 1.25. The lowest BCUT2D eigenvalue weighted by atomic mass is 9.78. The minimum atomic E-state index is -0.296. The molecule has 104 valence electrons. The molecule has 4 atom stereocenters. The Kier molecular flexibility index (Phi) is 4.66. The van der Waals surface area contributed by atoms with Crippen molar-refractivity contribution in [2.24, 2.45) is 17.6 Å². The van der Waals surface area contributed by atoms with Gasteiger partial charge in [0, 0.05) is 12.6 Å². The summed E-state index contributed by atoms with van der Waals surface area (Å²) >= 11 is 0. The summed E-state index contributed by atoms with van der Waals surface area (Å²) in [6, 6.07) is 0.200. The summed E-state index contributed by atoms with van der Waals surface area (Å²) in [5, 5.41) is 0. The Morgan fingerprint density at radius 3 is 2.67 bits per heavy atom. The van der Waals surface area contributed by atoms with E-state index in [9.17, 15) is 4.79 Å². The molecule has 1 aliphatic carbocycles. The van der Waals surface area contributed by atoms with Crippen LogP contribution in [0.25, 0.3) is 0 Å². The van der Waals surface area contributed by atoms with E-state index in [2.05, 4.69) is 18.7 Å². The zero-order chi connectivity index (χ0) is 13.1. The first-order chi connectivity index (χ1) is 8.65. The molecule has 0 aromatic heterocycles. The van der Waals surface area contributed by atoms with Gasteiger partial charge in [-0.1, -0.05) is 33.1 Å². The highest BCUT2D eigenvalue weighted by Gasteiger charge is 2.37. The SMILES string of the molecule is CCC(C)C(N)C(=O)N1CCC[C@H]2CCCC[C@H]21. The third kappa shape index (κ3) is 2.71. The molecule has 1 heterocycles.